The standard InChI is InChI=1S/C23H29N3O2/c1-3-26(4-2)16-18-7-5-17(6-8-18)15-24-22(27)19-11-13-21(14-12-19)25-23(28)20-9-10-20/h5-8,11-14,20H,3-4,9-10,15-16H2,1-2H3,(H,24,27)(H,25,28). The van der Waals surface area contributed by atoms with Gasteiger partial charge in [0.2, 0.25) is 5.91 Å². The lowest BCUT2D eigenvalue weighted by molar-refractivity contribution is -0.117. The molecule has 148 valence electrons. The van der Waals surface area contributed by atoms with Crippen molar-refractivity contribution in [3.8, 4) is 0 Å². The SMILES string of the molecule is CCN(CC)Cc1ccc(CNC(=O)c2ccc(NC(=O)C3CC3)cc2)cc1. The Morgan fingerprint density at radius 1 is 0.929 bits per heavy atom. The Labute approximate surface area is 167 Å². The van der Waals surface area contributed by atoms with Crippen LogP contribution in [0.1, 0.15) is 48.2 Å². The van der Waals surface area contributed by atoms with Crippen LogP contribution in [0, 0.1) is 5.92 Å². The van der Waals surface area contributed by atoms with Gasteiger partial charge in [0.05, 0.1) is 0 Å². The maximum Gasteiger partial charge on any atom is 0.251 e. The third kappa shape index (κ3) is 5.67. The number of carbonyl (C=O) groups excluding carboxylic acids is 2. The fraction of sp³-hybridized carbons (Fsp3) is 0.391. The van der Waals surface area contributed by atoms with E-state index in [0.717, 1.165) is 43.7 Å². The number of anilines is 1. The van der Waals surface area contributed by atoms with Gasteiger partial charge in [-0.15, -0.1) is 0 Å². The third-order valence-electron chi connectivity index (χ3n) is 5.14. The van der Waals surface area contributed by atoms with Gasteiger partial charge >= 0.3 is 0 Å². The molecule has 0 aromatic heterocycles. The van der Waals surface area contributed by atoms with Crippen LogP contribution in [0.5, 0.6) is 0 Å². The summed E-state index contributed by atoms with van der Waals surface area (Å²) in [6, 6.07) is 15.4. The number of nitrogens with one attached hydrogen (secondary N) is 2. The zero-order valence-electron chi connectivity index (χ0n) is 16.7. The Morgan fingerprint density at radius 2 is 1.54 bits per heavy atom. The Balaban J connectivity index is 1.48. The molecular formula is C23H29N3O2. The van der Waals surface area contributed by atoms with E-state index in [4.69, 9.17) is 0 Å². The summed E-state index contributed by atoms with van der Waals surface area (Å²) < 4.78 is 0. The largest absolute Gasteiger partial charge is 0.348 e. The van der Waals surface area contributed by atoms with Gasteiger partial charge in [0, 0.05) is 30.3 Å². The summed E-state index contributed by atoms with van der Waals surface area (Å²) in [5.74, 6) is 0.121. The molecule has 1 aliphatic carbocycles. The molecule has 1 aliphatic rings. The van der Waals surface area contributed by atoms with Crippen LogP contribution < -0.4 is 10.6 Å². The molecule has 0 atom stereocenters. The van der Waals surface area contributed by atoms with Crippen molar-refractivity contribution in [2.45, 2.75) is 39.8 Å². The molecule has 2 N–H and O–H groups in total. The molecule has 28 heavy (non-hydrogen) atoms. The molecule has 0 spiro atoms. The maximum atomic E-state index is 12.4. The molecule has 0 heterocycles. The second kappa shape index (κ2) is 9.51. The van der Waals surface area contributed by atoms with Crippen LogP contribution in [0.3, 0.4) is 0 Å². The summed E-state index contributed by atoms with van der Waals surface area (Å²) in [6.07, 6.45) is 1.95. The first-order valence-electron chi connectivity index (χ1n) is 10.1. The van der Waals surface area contributed by atoms with Gasteiger partial charge in [-0.1, -0.05) is 38.1 Å². The minimum absolute atomic E-state index is 0.0710. The van der Waals surface area contributed by atoms with Crippen LogP contribution in [0.15, 0.2) is 48.5 Å². The number of amides is 2. The van der Waals surface area contributed by atoms with E-state index in [1.54, 1.807) is 24.3 Å². The molecule has 5 heteroatoms. The number of hydrogen-bond donors (Lipinski definition) is 2. The fourth-order valence-corrected chi connectivity index (χ4v) is 3.05. The number of benzene rings is 2. The highest BCUT2D eigenvalue weighted by atomic mass is 16.2. The molecule has 3 rings (SSSR count). The fourth-order valence-electron chi connectivity index (χ4n) is 3.05. The number of hydrogen-bond acceptors (Lipinski definition) is 3. The van der Waals surface area contributed by atoms with Gasteiger partial charge in [-0.3, -0.25) is 14.5 Å². The summed E-state index contributed by atoms with van der Waals surface area (Å²) in [5, 5.41) is 5.83. The quantitative estimate of drug-likeness (QED) is 0.696. The minimum atomic E-state index is -0.118. The summed E-state index contributed by atoms with van der Waals surface area (Å²) in [4.78, 5) is 26.5. The smallest absolute Gasteiger partial charge is 0.251 e. The molecule has 0 unspecified atom stereocenters. The number of rotatable bonds is 9. The van der Waals surface area contributed by atoms with E-state index in [1.807, 2.05) is 0 Å². The zero-order chi connectivity index (χ0) is 19.9. The first-order valence-corrected chi connectivity index (χ1v) is 10.1. The topological polar surface area (TPSA) is 61.4 Å². The summed E-state index contributed by atoms with van der Waals surface area (Å²) >= 11 is 0. The highest BCUT2D eigenvalue weighted by molar-refractivity contribution is 5.96. The Bertz CT molecular complexity index is 792. The van der Waals surface area contributed by atoms with E-state index in [9.17, 15) is 9.59 Å². The van der Waals surface area contributed by atoms with Crippen LogP contribution in [0.4, 0.5) is 5.69 Å². The summed E-state index contributed by atoms with van der Waals surface area (Å²) in [6.45, 7) is 7.85. The third-order valence-corrected chi connectivity index (χ3v) is 5.14. The van der Waals surface area contributed by atoms with Crippen molar-refractivity contribution in [3.63, 3.8) is 0 Å². The molecule has 2 amide bonds. The second-order valence-electron chi connectivity index (χ2n) is 7.30. The van der Waals surface area contributed by atoms with Crippen LogP contribution in [-0.2, 0) is 17.9 Å². The first-order chi connectivity index (χ1) is 13.6. The lowest BCUT2D eigenvalue weighted by Gasteiger charge is -2.18. The zero-order valence-corrected chi connectivity index (χ0v) is 16.7. The van der Waals surface area contributed by atoms with E-state index in [1.165, 1.54) is 5.56 Å². The highest BCUT2D eigenvalue weighted by Gasteiger charge is 2.29. The maximum absolute atomic E-state index is 12.4. The van der Waals surface area contributed by atoms with Crippen molar-refractivity contribution in [2.24, 2.45) is 5.92 Å². The molecule has 2 aromatic rings. The average molecular weight is 380 g/mol. The molecule has 0 aliphatic heterocycles. The Hall–Kier alpha value is -2.66. The van der Waals surface area contributed by atoms with Crippen LogP contribution in [0.2, 0.25) is 0 Å². The van der Waals surface area contributed by atoms with Crippen molar-refractivity contribution in [3.05, 3.63) is 65.2 Å². The highest BCUT2D eigenvalue weighted by Crippen LogP contribution is 2.30. The lowest BCUT2D eigenvalue weighted by atomic mass is 10.1. The van der Waals surface area contributed by atoms with E-state index >= 15 is 0 Å². The van der Waals surface area contributed by atoms with Crippen molar-refractivity contribution >= 4 is 17.5 Å². The summed E-state index contributed by atoms with van der Waals surface area (Å²) in [5.41, 5.74) is 3.67. The van der Waals surface area contributed by atoms with Gasteiger partial charge < -0.3 is 10.6 Å². The van der Waals surface area contributed by atoms with E-state index in [0.29, 0.717) is 12.1 Å². The van der Waals surface area contributed by atoms with Gasteiger partial charge in [-0.25, -0.2) is 0 Å². The predicted octanol–water partition coefficient (Wildman–Crippen LogP) is 3.81. The lowest BCUT2D eigenvalue weighted by Crippen LogP contribution is -2.23. The van der Waals surface area contributed by atoms with Gasteiger partial charge in [0.1, 0.15) is 0 Å². The first kappa shape index (κ1) is 20.1. The van der Waals surface area contributed by atoms with Gasteiger partial charge in [0.15, 0.2) is 0 Å². The minimum Gasteiger partial charge on any atom is -0.348 e. The predicted molar refractivity (Wildman–Crippen MR) is 112 cm³/mol. The normalized spacial score (nSPS) is 13.4. The molecule has 5 nitrogen and oxygen atoms in total. The van der Waals surface area contributed by atoms with E-state index in [2.05, 4.69) is 53.6 Å². The average Bonchev–Trinajstić information content (AvgIpc) is 3.57. The second-order valence-corrected chi connectivity index (χ2v) is 7.30. The molecule has 2 aromatic carbocycles. The van der Waals surface area contributed by atoms with Crippen molar-refractivity contribution in [2.75, 3.05) is 18.4 Å². The Kier molecular flexibility index (Phi) is 6.82. The van der Waals surface area contributed by atoms with E-state index in [-0.39, 0.29) is 17.7 Å². The van der Waals surface area contributed by atoms with Gasteiger partial charge in [-0.05, 0) is 61.3 Å². The molecule has 1 saturated carbocycles. The van der Waals surface area contributed by atoms with Gasteiger partial charge in [-0.2, -0.15) is 0 Å². The monoisotopic (exact) mass is 379 g/mol. The van der Waals surface area contributed by atoms with E-state index < -0.39 is 0 Å². The van der Waals surface area contributed by atoms with Gasteiger partial charge in [0.25, 0.3) is 5.91 Å². The van der Waals surface area contributed by atoms with Crippen LogP contribution in [0.25, 0.3) is 0 Å². The van der Waals surface area contributed by atoms with Crippen molar-refractivity contribution < 1.29 is 9.59 Å². The van der Waals surface area contributed by atoms with Crippen molar-refractivity contribution in [1.82, 2.24) is 10.2 Å². The molecule has 0 saturated heterocycles. The summed E-state index contributed by atoms with van der Waals surface area (Å²) in [7, 11) is 0. The molecule has 1 fully saturated rings. The number of carbonyl (C=O) groups is 2. The Morgan fingerprint density at radius 3 is 2.11 bits per heavy atom. The van der Waals surface area contributed by atoms with Crippen molar-refractivity contribution in [1.29, 1.82) is 0 Å². The molecule has 0 radical (unpaired) electrons. The van der Waals surface area contributed by atoms with Crippen LogP contribution >= 0.6 is 0 Å². The molecular weight excluding hydrogens is 350 g/mol. The number of nitrogens with zero attached hydrogens (tertiary/aromatic N) is 1. The van der Waals surface area contributed by atoms with Crippen LogP contribution in [-0.4, -0.2) is 29.8 Å². The molecule has 0 bridgehead atoms.